The van der Waals surface area contributed by atoms with Gasteiger partial charge in [0.05, 0.1) is 20.1 Å². The smallest absolute Gasteiger partial charge is 0.256 e. The monoisotopic (exact) mass is 421 g/mol. The van der Waals surface area contributed by atoms with Gasteiger partial charge in [-0.05, 0) is 53.3 Å². The minimum absolute atomic E-state index is 0.137. The predicted octanol–water partition coefficient (Wildman–Crippen LogP) is 5.05. The molecule has 0 fully saturated rings. The van der Waals surface area contributed by atoms with E-state index >= 15 is 0 Å². The van der Waals surface area contributed by atoms with Gasteiger partial charge in [-0.25, -0.2) is 0 Å². The van der Waals surface area contributed by atoms with E-state index in [0.717, 1.165) is 9.30 Å². The van der Waals surface area contributed by atoms with Crippen LogP contribution in [0.25, 0.3) is 0 Å². The van der Waals surface area contributed by atoms with E-state index in [1.165, 1.54) is 11.3 Å². The maximum Gasteiger partial charge on any atom is 0.256 e. The summed E-state index contributed by atoms with van der Waals surface area (Å²) in [6.45, 7) is 2.66. The van der Waals surface area contributed by atoms with Crippen molar-refractivity contribution in [2.75, 3.05) is 11.9 Å². The van der Waals surface area contributed by atoms with E-state index in [1.807, 2.05) is 18.4 Å². The van der Waals surface area contributed by atoms with Crippen LogP contribution in [0.2, 0.25) is 5.02 Å². The molecule has 0 spiro atoms. The highest BCUT2D eigenvalue weighted by atomic mass is 127. The fourth-order valence-electron chi connectivity index (χ4n) is 1.54. The Hall–Kier alpha value is -0.790. The van der Waals surface area contributed by atoms with Crippen molar-refractivity contribution >= 4 is 57.1 Å². The van der Waals surface area contributed by atoms with Crippen molar-refractivity contribution in [1.82, 2.24) is 0 Å². The first kappa shape index (κ1) is 15.6. The van der Waals surface area contributed by atoms with Crippen molar-refractivity contribution in [3.05, 3.63) is 43.1 Å². The van der Waals surface area contributed by atoms with Gasteiger partial charge in [0.1, 0.15) is 5.75 Å². The fraction of sp³-hybridized carbons (Fsp3) is 0.214. The first-order valence-corrected chi connectivity index (χ1v) is 8.41. The van der Waals surface area contributed by atoms with E-state index in [1.54, 1.807) is 18.2 Å². The number of amides is 1. The molecule has 106 valence electrons. The van der Waals surface area contributed by atoms with Gasteiger partial charge in [0.2, 0.25) is 0 Å². The van der Waals surface area contributed by atoms with E-state index < -0.39 is 0 Å². The highest BCUT2D eigenvalue weighted by Crippen LogP contribution is 2.28. The zero-order valence-electron chi connectivity index (χ0n) is 10.8. The number of hydrogen-bond acceptors (Lipinski definition) is 3. The maximum absolute atomic E-state index is 12.0. The Morgan fingerprint density at radius 1 is 1.45 bits per heavy atom. The second-order valence-corrected chi connectivity index (χ2v) is 7.30. The number of benzene rings is 1. The number of rotatable bonds is 5. The molecule has 0 bridgehead atoms. The molecule has 1 aromatic heterocycles. The number of ether oxygens (including phenoxy) is 1. The summed E-state index contributed by atoms with van der Waals surface area (Å²) in [6, 6.07) is 7.10. The van der Waals surface area contributed by atoms with Crippen LogP contribution in [0.1, 0.15) is 23.7 Å². The number of carbonyl (C=O) groups is 1. The highest BCUT2D eigenvalue weighted by Gasteiger charge is 2.10. The fourth-order valence-corrected chi connectivity index (χ4v) is 3.10. The Labute approximate surface area is 140 Å². The minimum Gasteiger partial charge on any atom is -0.492 e. The van der Waals surface area contributed by atoms with Gasteiger partial charge < -0.3 is 10.1 Å². The van der Waals surface area contributed by atoms with Crippen molar-refractivity contribution in [2.24, 2.45) is 0 Å². The van der Waals surface area contributed by atoms with Crippen LogP contribution in [-0.4, -0.2) is 12.5 Å². The third-order valence-corrected chi connectivity index (χ3v) is 4.57. The van der Waals surface area contributed by atoms with Gasteiger partial charge in [-0.15, -0.1) is 11.3 Å². The molecule has 1 aromatic carbocycles. The van der Waals surface area contributed by atoms with Gasteiger partial charge >= 0.3 is 0 Å². The molecular weight excluding hydrogens is 409 g/mol. The third kappa shape index (κ3) is 4.10. The van der Waals surface area contributed by atoms with Crippen molar-refractivity contribution in [3.63, 3.8) is 0 Å². The largest absolute Gasteiger partial charge is 0.492 e. The quantitative estimate of drug-likeness (QED) is 0.686. The van der Waals surface area contributed by atoms with Crippen LogP contribution >= 0.6 is 45.5 Å². The first-order valence-electron chi connectivity index (χ1n) is 6.08. The van der Waals surface area contributed by atoms with Gasteiger partial charge in [-0.2, -0.15) is 0 Å². The van der Waals surface area contributed by atoms with Crippen LogP contribution in [0, 0.1) is 2.88 Å². The molecule has 0 unspecified atom stereocenters. The van der Waals surface area contributed by atoms with Crippen LogP contribution in [0.15, 0.2) is 29.6 Å². The van der Waals surface area contributed by atoms with E-state index in [9.17, 15) is 4.79 Å². The normalized spacial score (nSPS) is 10.3. The summed E-state index contributed by atoms with van der Waals surface area (Å²) in [5, 5.41) is 5.15. The second kappa shape index (κ2) is 7.28. The molecule has 2 aromatic rings. The molecule has 0 saturated heterocycles. The molecule has 1 amide bonds. The number of carbonyl (C=O) groups excluding carboxylic acids is 1. The number of nitrogens with one attached hydrogen (secondary N) is 1. The molecule has 1 heterocycles. The standard InChI is InChI=1S/C14H13ClINO2S/c1-2-5-19-12-4-3-10(7-11(12)15)17-14(18)9-6-13(16)20-8-9/h3-4,6-8H,2,5H2,1H3,(H,17,18). The molecule has 1 N–H and O–H groups in total. The molecule has 0 aliphatic carbocycles. The summed E-state index contributed by atoms with van der Waals surface area (Å²) < 4.78 is 6.57. The molecule has 6 heteroatoms. The molecular formula is C14H13ClINO2S. The average Bonchev–Trinajstić information content (AvgIpc) is 2.85. The maximum atomic E-state index is 12.0. The lowest BCUT2D eigenvalue weighted by atomic mass is 10.2. The Morgan fingerprint density at radius 2 is 2.25 bits per heavy atom. The summed E-state index contributed by atoms with van der Waals surface area (Å²) in [5.74, 6) is 0.499. The van der Waals surface area contributed by atoms with Crippen LogP contribution < -0.4 is 10.1 Å². The van der Waals surface area contributed by atoms with Crippen LogP contribution in [-0.2, 0) is 0 Å². The molecule has 0 aliphatic heterocycles. The van der Waals surface area contributed by atoms with E-state index in [2.05, 4.69) is 27.9 Å². The Bertz CT molecular complexity index is 615. The summed E-state index contributed by atoms with van der Waals surface area (Å²) in [6.07, 6.45) is 0.922. The topological polar surface area (TPSA) is 38.3 Å². The van der Waals surface area contributed by atoms with Crippen molar-refractivity contribution in [2.45, 2.75) is 13.3 Å². The van der Waals surface area contributed by atoms with Crippen LogP contribution in [0.5, 0.6) is 5.75 Å². The number of thiophene rings is 1. The van der Waals surface area contributed by atoms with Crippen molar-refractivity contribution < 1.29 is 9.53 Å². The lowest BCUT2D eigenvalue weighted by Gasteiger charge is -2.09. The minimum atomic E-state index is -0.137. The highest BCUT2D eigenvalue weighted by molar-refractivity contribution is 14.1. The van der Waals surface area contributed by atoms with Gasteiger partial charge in [-0.1, -0.05) is 18.5 Å². The summed E-state index contributed by atoms with van der Waals surface area (Å²) in [5.41, 5.74) is 1.31. The number of anilines is 1. The van der Waals surface area contributed by atoms with Crippen LogP contribution in [0.3, 0.4) is 0 Å². The third-order valence-electron chi connectivity index (χ3n) is 2.48. The average molecular weight is 422 g/mol. The summed E-state index contributed by atoms with van der Waals surface area (Å²) >= 11 is 9.85. The van der Waals surface area contributed by atoms with E-state index in [4.69, 9.17) is 16.3 Å². The Morgan fingerprint density at radius 3 is 2.85 bits per heavy atom. The molecule has 3 nitrogen and oxygen atoms in total. The second-order valence-electron chi connectivity index (χ2n) is 4.09. The van der Waals surface area contributed by atoms with Crippen molar-refractivity contribution in [3.8, 4) is 5.75 Å². The van der Waals surface area contributed by atoms with Crippen molar-refractivity contribution in [1.29, 1.82) is 0 Å². The number of halogens is 2. The number of hydrogen-bond donors (Lipinski definition) is 1. The zero-order valence-corrected chi connectivity index (χ0v) is 14.5. The lowest BCUT2D eigenvalue weighted by Crippen LogP contribution is -2.10. The summed E-state index contributed by atoms with van der Waals surface area (Å²) in [7, 11) is 0. The SMILES string of the molecule is CCCOc1ccc(NC(=O)c2csc(I)c2)cc1Cl. The molecule has 0 atom stereocenters. The van der Waals surface area contributed by atoms with Crippen LogP contribution in [0.4, 0.5) is 5.69 Å². The molecule has 2 rings (SSSR count). The van der Waals surface area contributed by atoms with Gasteiger partial charge in [-0.3, -0.25) is 4.79 Å². The van der Waals surface area contributed by atoms with E-state index in [0.29, 0.717) is 28.6 Å². The van der Waals surface area contributed by atoms with Gasteiger partial charge in [0.25, 0.3) is 5.91 Å². The molecule has 0 aliphatic rings. The molecule has 0 radical (unpaired) electrons. The molecule has 0 saturated carbocycles. The summed E-state index contributed by atoms with van der Waals surface area (Å²) in [4.78, 5) is 12.0. The van der Waals surface area contributed by atoms with Gasteiger partial charge in [0, 0.05) is 11.1 Å². The first-order chi connectivity index (χ1) is 9.60. The lowest BCUT2D eigenvalue weighted by molar-refractivity contribution is 0.102. The molecule has 20 heavy (non-hydrogen) atoms. The predicted molar refractivity (Wildman–Crippen MR) is 92.2 cm³/mol. The Balaban J connectivity index is 2.06. The zero-order chi connectivity index (χ0) is 14.5. The Kier molecular flexibility index (Phi) is 5.68. The van der Waals surface area contributed by atoms with Gasteiger partial charge in [0.15, 0.2) is 0 Å². The van der Waals surface area contributed by atoms with E-state index in [-0.39, 0.29) is 5.91 Å².